The molecule has 0 atom stereocenters. The van der Waals surface area contributed by atoms with Crippen LogP contribution < -0.4 is 9.47 Å². The molecule has 1 aromatic carbocycles. The second-order valence-electron chi connectivity index (χ2n) is 3.45. The molecule has 1 aromatic rings. The van der Waals surface area contributed by atoms with E-state index in [-0.39, 0.29) is 6.61 Å². The number of carboxylic acid groups (broad SMARTS) is 1. The maximum atomic E-state index is 11.0. The zero-order valence-corrected chi connectivity index (χ0v) is 10.6. The number of methoxy groups -OCH3 is 2. The van der Waals surface area contributed by atoms with Crippen LogP contribution in [0.1, 0.15) is 5.56 Å². The number of benzene rings is 1. The van der Waals surface area contributed by atoms with Gasteiger partial charge in [0.25, 0.3) is 0 Å². The summed E-state index contributed by atoms with van der Waals surface area (Å²) in [4.78, 5) is 21.4. The summed E-state index contributed by atoms with van der Waals surface area (Å²) in [6.45, 7) is -0.225. The van der Waals surface area contributed by atoms with Gasteiger partial charge < -0.3 is 19.3 Å². The van der Waals surface area contributed by atoms with Crippen LogP contribution in [0.4, 0.5) is 0 Å². The second-order valence-corrected chi connectivity index (χ2v) is 3.45. The van der Waals surface area contributed by atoms with E-state index in [1.807, 2.05) is 0 Å². The third-order valence-electron chi connectivity index (χ3n) is 2.18. The van der Waals surface area contributed by atoms with Gasteiger partial charge >= 0.3 is 11.9 Å². The van der Waals surface area contributed by atoms with Crippen molar-refractivity contribution in [2.45, 2.75) is 0 Å². The zero-order chi connectivity index (χ0) is 14.3. The Hall–Kier alpha value is -2.50. The van der Waals surface area contributed by atoms with E-state index in [0.29, 0.717) is 17.1 Å². The van der Waals surface area contributed by atoms with Gasteiger partial charge in [0.2, 0.25) is 0 Å². The van der Waals surface area contributed by atoms with Crippen molar-refractivity contribution in [3.8, 4) is 11.5 Å². The van der Waals surface area contributed by atoms with Gasteiger partial charge in [-0.1, -0.05) is 6.07 Å². The molecule has 1 N–H and O–H groups in total. The van der Waals surface area contributed by atoms with Gasteiger partial charge in [0, 0.05) is 6.08 Å². The van der Waals surface area contributed by atoms with Crippen molar-refractivity contribution in [1.82, 2.24) is 0 Å². The summed E-state index contributed by atoms with van der Waals surface area (Å²) in [5, 5.41) is 8.53. The molecule has 0 aliphatic carbocycles. The lowest BCUT2D eigenvalue weighted by molar-refractivity contribution is -0.143. The van der Waals surface area contributed by atoms with Crippen molar-refractivity contribution in [2.24, 2.45) is 0 Å². The number of hydrogen-bond donors (Lipinski definition) is 1. The molecule has 0 aliphatic rings. The van der Waals surface area contributed by atoms with E-state index in [9.17, 15) is 9.59 Å². The second kappa shape index (κ2) is 7.05. The summed E-state index contributed by atoms with van der Waals surface area (Å²) in [7, 11) is 2.72. The molecule has 0 heterocycles. The van der Waals surface area contributed by atoms with Crippen LogP contribution in [0.5, 0.6) is 11.5 Å². The molecule has 0 unspecified atom stereocenters. The largest absolute Gasteiger partial charge is 0.493 e. The fourth-order valence-corrected chi connectivity index (χ4v) is 1.27. The molecule has 0 saturated carbocycles. The molecule has 6 nitrogen and oxygen atoms in total. The van der Waals surface area contributed by atoms with Crippen molar-refractivity contribution in [2.75, 3.05) is 20.8 Å². The molecular weight excluding hydrogens is 252 g/mol. The molecule has 0 amide bonds. The van der Waals surface area contributed by atoms with Gasteiger partial charge in [-0.2, -0.15) is 0 Å². The van der Waals surface area contributed by atoms with E-state index in [1.54, 1.807) is 18.2 Å². The Bertz CT molecular complexity index is 492. The van der Waals surface area contributed by atoms with Crippen molar-refractivity contribution < 1.29 is 28.9 Å². The number of rotatable bonds is 6. The molecular formula is C13H14O6. The Morgan fingerprint density at radius 2 is 2.00 bits per heavy atom. The number of esters is 1. The van der Waals surface area contributed by atoms with Gasteiger partial charge in [-0.3, -0.25) is 0 Å². The van der Waals surface area contributed by atoms with Crippen LogP contribution in [-0.2, 0) is 14.3 Å². The highest BCUT2D eigenvalue weighted by Crippen LogP contribution is 2.28. The molecule has 1 rings (SSSR count). The standard InChI is InChI=1S/C13H14O6/c1-17-11-7-9(4-6-12(14)15)3-5-10(11)19-8-13(16)18-2/h3-7H,8H2,1-2H3,(H,14,15)/b6-4+. The Morgan fingerprint density at radius 3 is 2.58 bits per heavy atom. The highest BCUT2D eigenvalue weighted by Gasteiger charge is 2.08. The maximum absolute atomic E-state index is 11.0. The molecule has 0 bridgehead atoms. The first-order valence-electron chi connectivity index (χ1n) is 5.35. The number of aliphatic carboxylic acids is 1. The first-order chi connectivity index (χ1) is 9.06. The molecule has 0 fully saturated rings. The van der Waals surface area contributed by atoms with Gasteiger partial charge in [0.1, 0.15) is 0 Å². The van der Waals surface area contributed by atoms with Crippen molar-refractivity contribution in [3.63, 3.8) is 0 Å². The minimum Gasteiger partial charge on any atom is -0.493 e. The number of carbonyl (C=O) groups is 2. The normalized spacial score (nSPS) is 10.2. The smallest absolute Gasteiger partial charge is 0.343 e. The van der Waals surface area contributed by atoms with E-state index < -0.39 is 11.9 Å². The van der Waals surface area contributed by atoms with Crippen LogP contribution in [0.25, 0.3) is 6.08 Å². The third kappa shape index (κ3) is 4.71. The monoisotopic (exact) mass is 266 g/mol. The topological polar surface area (TPSA) is 82.1 Å². The van der Waals surface area contributed by atoms with Gasteiger partial charge in [0.15, 0.2) is 18.1 Å². The average Bonchev–Trinajstić information content (AvgIpc) is 2.42. The minimum absolute atomic E-state index is 0.225. The highest BCUT2D eigenvalue weighted by molar-refractivity contribution is 5.85. The van der Waals surface area contributed by atoms with E-state index >= 15 is 0 Å². The van der Waals surface area contributed by atoms with Crippen molar-refractivity contribution >= 4 is 18.0 Å². The molecule has 0 aliphatic heterocycles. The summed E-state index contributed by atoms with van der Waals surface area (Å²) in [6, 6.07) is 4.84. The van der Waals surface area contributed by atoms with Crippen molar-refractivity contribution in [1.29, 1.82) is 0 Å². The SMILES string of the molecule is COC(=O)COc1ccc(/C=C/C(=O)O)cc1OC. The van der Waals surface area contributed by atoms with Crippen LogP contribution >= 0.6 is 0 Å². The van der Waals surface area contributed by atoms with E-state index in [4.69, 9.17) is 14.6 Å². The predicted molar refractivity (Wildman–Crippen MR) is 67.2 cm³/mol. The summed E-state index contributed by atoms with van der Waals surface area (Å²) < 4.78 is 14.8. The summed E-state index contributed by atoms with van der Waals surface area (Å²) >= 11 is 0. The first-order valence-corrected chi connectivity index (χ1v) is 5.35. The van der Waals surface area contributed by atoms with Gasteiger partial charge in [0.05, 0.1) is 14.2 Å². The summed E-state index contributed by atoms with van der Waals surface area (Å²) in [5.41, 5.74) is 0.643. The number of ether oxygens (including phenoxy) is 3. The Balaban J connectivity index is 2.84. The van der Waals surface area contributed by atoms with E-state index in [0.717, 1.165) is 6.08 Å². The summed E-state index contributed by atoms with van der Waals surface area (Å²) in [6.07, 6.45) is 2.44. The molecule has 0 saturated heterocycles. The lowest BCUT2D eigenvalue weighted by atomic mass is 10.2. The number of carbonyl (C=O) groups excluding carboxylic acids is 1. The molecule has 6 heteroatoms. The molecule has 0 spiro atoms. The fourth-order valence-electron chi connectivity index (χ4n) is 1.27. The van der Waals surface area contributed by atoms with Gasteiger partial charge in [-0.15, -0.1) is 0 Å². The van der Waals surface area contributed by atoms with Gasteiger partial charge in [-0.05, 0) is 23.8 Å². The number of hydrogen-bond acceptors (Lipinski definition) is 5. The molecule has 0 radical (unpaired) electrons. The van der Waals surface area contributed by atoms with Crippen LogP contribution in [0.2, 0.25) is 0 Å². The fraction of sp³-hybridized carbons (Fsp3) is 0.231. The zero-order valence-electron chi connectivity index (χ0n) is 10.6. The lowest BCUT2D eigenvalue weighted by Gasteiger charge is -2.10. The highest BCUT2D eigenvalue weighted by atomic mass is 16.6. The van der Waals surface area contributed by atoms with Crippen LogP contribution in [-0.4, -0.2) is 37.9 Å². The molecule has 102 valence electrons. The van der Waals surface area contributed by atoms with Crippen molar-refractivity contribution in [3.05, 3.63) is 29.8 Å². The summed E-state index contributed by atoms with van der Waals surface area (Å²) in [5.74, 6) is -0.765. The Kier molecular flexibility index (Phi) is 5.40. The van der Waals surface area contributed by atoms with Crippen LogP contribution in [0, 0.1) is 0 Å². The lowest BCUT2D eigenvalue weighted by Crippen LogP contribution is -2.12. The predicted octanol–water partition coefficient (Wildman–Crippen LogP) is 1.34. The molecule has 0 aromatic heterocycles. The van der Waals surface area contributed by atoms with Gasteiger partial charge in [-0.25, -0.2) is 9.59 Å². The average molecular weight is 266 g/mol. The Morgan fingerprint density at radius 1 is 1.26 bits per heavy atom. The molecule has 19 heavy (non-hydrogen) atoms. The first kappa shape index (κ1) is 14.6. The number of carboxylic acids is 1. The minimum atomic E-state index is -1.04. The van der Waals surface area contributed by atoms with E-state index in [1.165, 1.54) is 20.3 Å². The maximum Gasteiger partial charge on any atom is 0.343 e. The third-order valence-corrected chi connectivity index (χ3v) is 2.18. The van der Waals surface area contributed by atoms with E-state index in [2.05, 4.69) is 4.74 Å². The Labute approximate surface area is 110 Å². The van der Waals surface area contributed by atoms with Crippen LogP contribution in [0.15, 0.2) is 24.3 Å². The van der Waals surface area contributed by atoms with Crippen LogP contribution in [0.3, 0.4) is 0 Å². The quantitative estimate of drug-likeness (QED) is 0.618.